The van der Waals surface area contributed by atoms with Crippen LogP contribution in [-0.2, 0) is 9.47 Å². The van der Waals surface area contributed by atoms with Gasteiger partial charge in [-0.15, -0.1) is 0 Å². The number of rotatable bonds is 3. The number of nitrogens with two attached hydrogens (primary N) is 1. The number of fused-ring (bicyclic) bond motifs is 1. The predicted octanol–water partition coefficient (Wildman–Crippen LogP) is -0.673. The van der Waals surface area contributed by atoms with E-state index in [9.17, 15) is 10.2 Å². The van der Waals surface area contributed by atoms with Crippen LogP contribution in [0.4, 0.5) is 5.95 Å². The van der Waals surface area contributed by atoms with Crippen molar-refractivity contribution in [2.75, 3.05) is 19.5 Å². The molecular formula is C11H14ClN5O4. The Morgan fingerprint density at radius 3 is 2.90 bits per heavy atom. The molecule has 10 heteroatoms. The predicted molar refractivity (Wildman–Crippen MR) is 72.5 cm³/mol. The van der Waals surface area contributed by atoms with E-state index in [2.05, 4.69) is 15.0 Å². The minimum absolute atomic E-state index is 0.0178. The molecule has 0 aromatic carbocycles. The van der Waals surface area contributed by atoms with E-state index >= 15 is 0 Å². The molecule has 9 nitrogen and oxygen atoms in total. The maximum atomic E-state index is 10.1. The topological polar surface area (TPSA) is 129 Å². The second-order valence-corrected chi connectivity index (χ2v) is 5.06. The third kappa shape index (κ3) is 2.32. The highest BCUT2D eigenvalue weighted by molar-refractivity contribution is 6.33. The smallest absolute Gasteiger partial charge is 0.223 e. The number of hydrogen-bond acceptors (Lipinski definition) is 8. The number of aliphatic hydroxyl groups excluding tert-OH is 2. The Kier molecular flexibility index (Phi) is 3.68. The number of imidazole rings is 1. The molecule has 0 saturated carbocycles. The van der Waals surface area contributed by atoms with Crippen molar-refractivity contribution in [1.82, 2.24) is 19.5 Å². The van der Waals surface area contributed by atoms with Crippen molar-refractivity contribution in [3.63, 3.8) is 0 Å². The fourth-order valence-electron chi connectivity index (χ4n) is 2.35. The van der Waals surface area contributed by atoms with Gasteiger partial charge in [0.05, 0.1) is 12.9 Å². The van der Waals surface area contributed by atoms with E-state index in [-0.39, 0.29) is 17.7 Å². The molecule has 114 valence electrons. The number of nitrogens with zero attached hydrogens (tertiary/aromatic N) is 4. The molecule has 0 radical (unpaired) electrons. The number of aliphatic hydroxyl groups is 2. The van der Waals surface area contributed by atoms with E-state index in [1.807, 2.05) is 0 Å². The highest BCUT2D eigenvalue weighted by atomic mass is 35.5. The van der Waals surface area contributed by atoms with Gasteiger partial charge in [-0.2, -0.15) is 9.97 Å². The maximum Gasteiger partial charge on any atom is 0.223 e. The highest BCUT2D eigenvalue weighted by Crippen LogP contribution is 2.32. The first-order chi connectivity index (χ1) is 10.0. The normalized spacial score (nSPS) is 29.3. The fourth-order valence-corrected chi connectivity index (χ4v) is 2.56. The van der Waals surface area contributed by atoms with Gasteiger partial charge in [0, 0.05) is 7.11 Å². The van der Waals surface area contributed by atoms with Crippen molar-refractivity contribution < 1.29 is 19.7 Å². The Morgan fingerprint density at radius 2 is 2.19 bits per heavy atom. The zero-order chi connectivity index (χ0) is 15.1. The van der Waals surface area contributed by atoms with Gasteiger partial charge >= 0.3 is 0 Å². The Balaban J connectivity index is 2.01. The molecular weight excluding hydrogens is 302 g/mol. The van der Waals surface area contributed by atoms with Crippen molar-refractivity contribution >= 4 is 28.7 Å². The van der Waals surface area contributed by atoms with Crippen LogP contribution in [-0.4, -0.2) is 61.8 Å². The molecule has 4 unspecified atom stereocenters. The standard InChI is InChI=1S/C11H14ClN5O4/c1-20-2-4-6(18)7(19)10(21-4)17-3-14-5-8(12)15-11(13)16-9(5)17/h3-4,6-7,10,18-19H,2H2,1H3,(H2,13,15,16). The molecule has 1 aliphatic heterocycles. The van der Waals surface area contributed by atoms with E-state index in [1.54, 1.807) is 0 Å². The molecule has 4 atom stereocenters. The summed E-state index contributed by atoms with van der Waals surface area (Å²) < 4.78 is 12.0. The molecule has 21 heavy (non-hydrogen) atoms. The summed E-state index contributed by atoms with van der Waals surface area (Å²) in [6.07, 6.45) is -2.35. The fraction of sp³-hybridized carbons (Fsp3) is 0.545. The lowest BCUT2D eigenvalue weighted by atomic mass is 10.1. The van der Waals surface area contributed by atoms with E-state index in [1.165, 1.54) is 18.0 Å². The number of halogens is 1. The molecule has 1 aliphatic rings. The largest absolute Gasteiger partial charge is 0.387 e. The van der Waals surface area contributed by atoms with E-state index in [0.29, 0.717) is 11.2 Å². The third-order valence-electron chi connectivity index (χ3n) is 3.34. The monoisotopic (exact) mass is 315 g/mol. The van der Waals surface area contributed by atoms with E-state index in [4.69, 9.17) is 26.8 Å². The second-order valence-electron chi connectivity index (χ2n) is 4.70. The molecule has 4 N–H and O–H groups in total. The van der Waals surface area contributed by atoms with Crippen molar-refractivity contribution in [2.24, 2.45) is 0 Å². The lowest BCUT2D eigenvalue weighted by Crippen LogP contribution is -2.33. The van der Waals surface area contributed by atoms with Crippen LogP contribution < -0.4 is 5.73 Å². The van der Waals surface area contributed by atoms with Gasteiger partial charge in [-0.05, 0) is 0 Å². The van der Waals surface area contributed by atoms with Crippen molar-refractivity contribution in [3.8, 4) is 0 Å². The van der Waals surface area contributed by atoms with Crippen LogP contribution in [0, 0.1) is 0 Å². The minimum Gasteiger partial charge on any atom is -0.387 e. The summed E-state index contributed by atoms with van der Waals surface area (Å²) in [6.45, 7) is 0.152. The molecule has 1 fully saturated rings. The Bertz CT molecular complexity index is 665. The lowest BCUT2D eigenvalue weighted by molar-refractivity contribution is -0.0580. The first-order valence-electron chi connectivity index (χ1n) is 6.19. The van der Waals surface area contributed by atoms with E-state index in [0.717, 1.165) is 0 Å². The van der Waals surface area contributed by atoms with Gasteiger partial charge in [0.2, 0.25) is 5.95 Å². The van der Waals surface area contributed by atoms with Crippen LogP contribution in [0.2, 0.25) is 5.15 Å². The first kappa shape index (κ1) is 14.4. The van der Waals surface area contributed by atoms with Crippen LogP contribution in [0.3, 0.4) is 0 Å². The number of aromatic nitrogens is 4. The number of anilines is 1. The molecule has 2 aromatic rings. The Morgan fingerprint density at radius 1 is 1.43 bits per heavy atom. The Labute approximate surface area is 124 Å². The number of nitrogen functional groups attached to an aromatic ring is 1. The first-order valence-corrected chi connectivity index (χ1v) is 6.56. The Hall–Kier alpha value is -1.52. The highest BCUT2D eigenvalue weighted by Gasteiger charge is 2.44. The minimum atomic E-state index is -1.16. The van der Waals surface area contributed by atoms with Crippen LogP contribution >= 0.6 is 11.6 Å². The molecule has 2 aromatic heterocycles. The lowest BCUT2D eigenvalue weighted by Gasteiger charge is -2.16. The molecule has 0 aliphatic carbocycles. The number of hydrogen-bond donors (Lipinski definition) is 3. The van der Waals surface area contributed by atoms with Crippen LogP contribution in [0.1, 0.15) is 6.23 Å². The number of ether oxygens (including phenoxy) is 2. The second kappa shape index (κ2) is 5.35. The number of methoxy groups -OCH3 is 1. The van der Waals surface area contributed by atoms with Gasteiger partial charge in [0.15, 0.2) is 17.0 Å². The van der Waals surface area contributed by atoms with Gasteiger partial charge < -0.3 is 25.4 Å². The molecule has 3 heterocycles. The molecule has 0 amide bonds. The zero-order valence-electron chi connectivity index (χ0n) is 11.0. The van der Waals surface area contributed by atoms with Gasteiger partial charge in [-0.1, -0.05) is 11.6 Å². The third-order valence-corrected chi connectivity index (χ3v) is 3.60. The van der Waals surface area contributed by atoms with Gasteiger partial charge in [0.25, 0.3) is 0 Å². The molecule has 3 rings (SSSR count). The van der Waals surface area contributed by atoms with Crippen LogP contribution in [0.5, 0.6) is 0 Å². The zero-order valence-corrected chi connectivity index (χ0v) is 11.8. The summed E-state index contributed by atoms with van der Waals surface area (Å²) >= 11 is 5.95. The van der Waals surface area contributed by atoms with Gasteiger partial charge in [-0.25, -0.2) is 4.98 Å². The average Bonchev–Trinajstić information content (AvgIpc) is 2.96. The molecule has 1 saturated heterocycles. The summed E-state index contributed by atoms with van der Waals surface area (Å²) in [5, 5.41) is 20.2. The summed E-state index contributed by atoms with van der Waals surface area (Å²) in [5.74, 6) is -0.0178. The average molecular weight is 316 g/mol. The quantitative estimate of drug-likeness (QED) is 0.636. The maximum absolute atomic E-state index is 10.1. The van der Waals surface area contributed by atoms with Gasteiger partial charge in [-0.3, -0.25) is 4.57 Å². The van der Waals surface area contributed by atoms with E-state index < -0.39 is 24.5 Å². The van der Waals surface area contributed by atoms with Crippen LogP contribution in [0.15, 0.2) is 6.33 Å². The summed E-state index contributed by atoms with van der Waals surface area (Å²) in [4.78, 5) is 11.9. The summed E-state index contributed by atoms with van der Waals surface area (Å²) in [6, 6.07) is 0. The molecule has 0 bridgehead atoms. The van der Waals surface area contributed by atoms with Gasteiger partial charge in [0.1, 0.15) is 23.8 Å². The van der Waals surface area contributed by atoms with Crippen molar-refractivity contribution in [2.45, 2.75) is 24.5 Å². The SMILES string of the molecule is COCC1OC(n2cnc3c(Cl)nc(N)nc32)C(O)C1O. The summed E-state index contributed by atoms with van der Waals surface area (Å²) in [7, 11) is 1.48. The van der Waals surface area contributed by atoms with Crippen molar-refractivity contribution in [1.29, 1.82) is 0 Å². The summed E-state index contributed by atoms with van der Waals surface area (Å²) in [5.41, 5.74) is 6.23. The van der Waals surface area contributed by atoms with Crippen LogP contribution in [0.25, 0.3) is 11.2 Å². The molecule has 0 spiro atoms. The van der Waals surface area contributed by atoms with Crippen molar-refractivity contribution in [3.05, 3.63) is 11.5 Å².